The van der Waals surface area contributed by atoms with E-state index >= 15 is 0 Å². The second-order valence-electron chi connectivity index (χ2n) is 5.51. The molecular formula is C19H20N4O3. The molecule has 7 heteroatoms. The Labute approximate surface area is 151 Å². The Morgan fingerprint density at radius 1 is 1.15 bits per heavy atom. The van der Waals surface area contributed by atoms with E-state index in [0.717, 1.165) is 16.8 Å². The fourth-order valence-corrected chi connectivity index (χ4v) is 2.81. The van der Waals surface area contributed by atoms with Crippen molar-refractivity contribution in [3.05, 3.63) is 53.9 Å². The number of hydrogen-bond donors (Lipinski definition) is 2. The van der Waals surface area contributed by atoms with Gasteiger partial charge in [-0.15, -0.1) is 0 Å². The van der Waals surface area contributed by atoms with Crippen LogP contribution >= 0.6 is 0 Å². The number of H-pyrrole nitrogens is 1. The number of nitrogens with zero attached hydrogens (tertiary/aromatic N) is 2. The van der Waals surface area contributed by atoms with Crippen LogP contribution in [0.5, 0.6) is 11.5 Å². The van der Waals surface area contributed by atoms with Crippen LogP contribution in [-0.4, -0.2) is 35.3 Å². The number of methoxy groups -OCH3 is 2. The highest BCUT2D eigenvalue weighted by molar-refractivity contribution is 6.07. The fraction of sp³-hybridized carbons (Fsp3) is 0.211. The number of benzene rings is 1. The van der Waals surface area contributed by atoms with Gasteiger partial charge in [0.15, 0.2) is 17.3 Å². The van der Waals surface area contributed by atoms with E-state index in [9.17, 15) is 4.79 Å². The smallest absolute Gasteiger partial charge is 0.260 e. The van der Waals surface area contributed by atoms with Crippen molar-refractivity contribution in [1.29, 1.82) is 0 Å². The van der Waals surface area contributed by atoms with E-state index in [2.05, 4.69) is 20.5 Å². The van der Waals surface area contributed by atoms with Gasteiger partial charge in [-0.1, -0.05) is 13.0 Å². The van der Waals surface area contributed by atoms with Crippen LogP contribution in [-0.2, 0) is 6.42 Å². The second kappa shape index (κ2) is 7.69. The topological polar surface area (TPSA) is 89.1 Å². The first-order valence-corrected chi connectivity index (χ1v) is 8.19. The maximum absolute atomic E-state index is 12.8. The molecule has 26 heavy (non-hydrogen) atoms. The molecule has 0 aliphatic rings. The summed E-state index contributed by atoms with van der Waals surface area (Å²) >= 11 is 0. The third-order valence-electron chi connectivity index (χ3n) is 4.07. The molecule has 0 aliphatic carbocycles. The Kier molecular flexibility index (Phi) is 5.17. The summed E-state index contributed by atoms with van der Waals surface area (Å²) in [5.74, 6) is 1.06. The lowest BCUT2D eigenvalue weighted by Gasteiger charge is -2.12. The third kappa shape index (κ3) is 3.23. The van der Waals surface area contributed by atoms with E-state index in [0.29, 0.717) is 29.3 Å². The van der Waals surface area contributed by atoms with Gasteiger partial charge in [-0.3, -0.25) is 14.9 Å². The number of hydrogen-bond acceptors (Lipinski definition) is 5. The zero-order chi connectivity index (χ0) is 18.5. The van der Waals surface area contributed by atoms with E-state index in [1.54, 1.807) is 30.6 Å². The van der Waals surface area contributed by atoms with Crippen LogP contribution < -0.4 is 14.8 Å². The van der Waals surface area contributed by atoms with Crippen molar-refractivity contribution in [2.24, 2.45) is 0 Å². The monoisotopic (exact) mass is 352 g/mol. The number of pyridine rings is 1. The Hall–Kier alpha value is -3.35. The lowest BCUT2D eigenvalue weighted by atomic mass is 10.1. The first-order valence-electron chi connectivity index (χ1n) is 8.19. The van der Waals surface area contributed by atoms with Crippen LogP contribution in [0.15, 0.2) is 42.7 Å². The highest BCUT2D eigenvalue weighted by atomic mass is 16.5. The van der Waals surface area contributed by atoms with Crippen LogP contribution in [0, 0.1) is 0 Å². The molecule has 1 aromatic carbocycles. The van der Waals surface area contributed by atoms with Gasteiger partial charge in [-0.2, -0.15) is 5.10 Å². The lowest BCUT2D eigenvalue weighted by Crippen LogP contribution is -2.15. The molecule has 0 aliphatic heterocycles. The number of carbonyl (C=O) groups excluding carboxylic acids is 1. The second-order valence-corrected chi connectivity index (χ2v) is 5.51. The van der Waals surface area contributed by atoms with Gasteiger partial charge in [0.05, 0.1) is 25.5 Å². The minimum atomic E-state index is -0.316. The molecule has 0 bridgehead atoms. The van der Waals surface area contributed by atoms with Gasteiger partial charge in [0.1, 0.15) is 0 Å². The third-order valence-corrected chi connectivity index (χ3v) is 4.07. The van der Waals surface area contributed by atoms with Crippen LogP contribution in [0.1, 0.15) is 22.8 Å². The average Bonchev–Trinajstić information content (AvgIpc) is 3.10. The van der Waals surface area contributed by atoms with E-state index in [1.165, 1.54) is 14.2 Å². The molecule has 134 valence electrons. The van der Waals surface area contributed by atoms with Crippen molar-refractivity contribution in [1.82, 2.24) is 15.2 Å². The van der Waals surface area contributed by atoms with Crippen LogP contribution in [0.4, 0.5) is 5.82 Å². The van der Waals surface area contributed by atoms with Gasteiger partial charge in [-0.05, 0) is 30.7 Å². The van der Waals surface area contributed by atoms with Gasteiger partial charge >= 0.3 is 0 Å². The maximum atomic E-state index is 12.8. The minimum absolute atomic E-state index is 0.316. The van der Waals surface area contributed by atoms with Crippen LogP contribution in [0.2, 0.25) is 0 Å². The Bertz CT molecular complexity index is 906. The van der Waals surface area contributed by atoms with Crippen molar-refractivity contribution in [3.8, 4) is 22.8 Å². The zero-order valence-corrected chi connectivity index (χ0v) is 14.9. The van der Waals surface area contributed by atoms with E-state index in [1.807, 2.05) is 19.1 Å². The van der Waals surface area contributed by atoms with Gasteiger partial charge in [-0.25, -0.2) is 0 Å². The highest BCUT2D eigenvalue weighted by Crippen LogP contribution is 2.32. The van der Waals surface area contributed by atoms with Gasteiger partial charge < -0.3 is 14.8 Å². The standard InChI is InChI=1S/C19H20N4O3/c1-4-13-16(12-8-10-20-11-9-12)22-23-18(13)21-19(24)14-6-5-7-15(25-2)17(14)26-3/h5-11H,4H2,1-3H3,(H2,21,22,23,24). The molecule has 0 unspecified atom stereocenters. The molecular weight excluding hydrogens is 332 g/mol. The number of carbonyl (C=O) groups is 1. The molecule has 0 spiro atoms. The number of ether oxygens (including phenoxy) is 2. The number of amides is 1. The average molecular weight is 352 g/mol. The number of aromatic amines is 1. The molecule has 2 heterocycles. The predicted molar refractivity (Wildman–Crippen MR) is 98.7 cm³/mol. The molecule has 0 atom stereocenters. The molecule has 0 saturated heterocycles. The van der Waals surface area contributed by atoms with Crippen LogP contribution in [0.25, 0.3) is 11.3 Å². The number of aromatic nitrogens is 3. The van der Waals surface area contributed by atoms with Crippen molar-refractivity contribution in [2.75, 3.05) is 19.5 Å². The predicted octanol–water partition coefficient (Wildman–Crippen LogP) is 3.30. The number of para-hydroxylation sites is 1. The quantitative estimate of drug-likeness (QED) is 0.710. The molecule has 2 N–H and O–H groups in total. The molecule has 1 amide bonds. The molecule has 3 aromatic rings. The summed E-state index contributed by atoms with van der Waals surface area (Å²) in [6.07, 6.45) is 4.14. The SMILES string of the molecule is CCc1c(NC(=O)c2cccc(OC)c2OC)n[nH]c1-c1ccncc1. The molecule has 2 aromatic heterocycles. The van der Waals surface area contributed by atoms with Crippen LogP contribution in [0.3, 0.4) is 0 Å². The van der Waals surface area contributed by atoms with Gasteiger partial charge in [0.2, 0.25) is 0 Å². The number of nitrogens with one attached hydrogen (secondary N) is 2. The van der Waals surface area contributed by atoms with E-state index in [-0.39, 0.29) is 5.91 Å². The Balaban J connectivity index is 1.93. The number of anilines is 1. The minimum Gasteiger partial charge on any atom is -0.493 e. The molecule has 0 radical (unpaired) electrons. The fourth-order valence-electron chi connectivity index (χ4n) is 2.81. The molecule has 3 rings (SSSR count). The first-order chi connectivity index (χ1) is 12.7. The summed E-state index contributed by atoms with van der Waals surface area (Å²) in [5, 5.41) is 10.1. The summed E-state index contributed by atoms with van der Waals surface area (Å²) in [6.45, 7) is 2.01. The molecule has 0 saturated carbocycles. The summed E-state index contributed by atoms with van der Waals surface area (Å²) < 4.78 is 10.6. The largest absolute Gasteiger partial charge is 0.493 e. The maximum Gasteiger partial charge on any atom is 0.260 e. The van der Waals surface area contributed by atoms with Crippen molar-refractivity contribution in [3.63, 3.8) is 0 Å². The highest BCUT2D eigenvalue weighted by Gasteiger charge is 2.20. The summed E-state index contributed by atoms with van der Waals surface area (Å²) in [4.78, 5) is 16.8. The van der Waals surface area contributed by atoms with Crippen molar-refractivity contribution in [2.45, 2.75) is 13.3 Å². The Morgan fingerprint density at radius 2 is 1.92 bits per heavy atom. The molecule has 0 fully saturated rings. The number of rotatable bonds is 6. The molecule has 7 nitrogen and oxygen atoms in total. The van der Waals surface area contributed by atoms with Gasteiger partial charge in [0, 0.05) is 23.5 Å². The van der Waals surface area contributed by atoms with E-state index in [4.69, 9.17) is 9.47 Å². The Morgan fingerprint density at radius 3 is 2.58 bits per heavy atom. The summed E-state index contributed by atoms with van der Waals surface area (Å²) in [6, 6.07) is 8.94. The zero-order valence-electron chi connectivity index (χ0n) is 14.9. The van der Waals surface area contributed by atoms with Gasteiger partial charge in [0.25, 0.3) is 5.91 Å². The van der Waals surface area contributed by atoms with Crippen molar-refractivity contribution >= 4 is 11.7 Å². The summed E-state index contributed by atoms with van der Waals surface area (Å²) in [7, 11) is 3.03. The van der Waals surface area contributed by atoms with E-state index < -0.39 is 0 Å². The first kappa shape index (κ1) is 17.5. The summed E-state index contributed by atoms with van der Waals surface area (Å²) in [5.41, 5.74) is 3.13. The lowest BCUT2D eigenvalue weighted by molar-refractivity contribution is 0.102. The normalized spacial score (nSPS) is 10.4. The van der Waals surface area contributed by atoms with Crippen molar-refractivity contribution < 1.29 is 14.3 Å².